The summed E-state index contributed by atoms with van der Waals surface area (Å²) < 4.78 is 0. The monoisotopic (exact) mass is 236 g/mol. The van der Waals surface area contributed by atoms with Gasteiger partial charge in [-0.25, -0.2) is 0 Å². The molecule has 0 rings (SSSR count). The lowest BCUT2D eigenvalue weighted by molar-refractivity contribution is 0.566. The molecule has 100 valence electrons. The Morgan fingerprint density at radius 1 is 0.882 bits per heavy atom. The molecule has 0 aromatic carbocycles. The summed E-state index contributed by atoms with van der Waals surface area (Å²) >= 11 is 0. The molecule has 2 unspecified atom stereocenters. The van der Waals surface area contributed by atoms with E-state index in [1.54, 1.807) is 0 Å². The van der Waals surface area contributed by atoms with Gasteiger partial charge in [-0.1, -0.05) is 90.9 Å². The second kappa shape index (κ2) is 8.83. The molecule has 0 aliphatic carbocycles. The highest BCUT2D eigenvalue weighted by atomic mass is 14.1. The molecular weight excluding hydrogens is 203 g/mol. The molecular formula is C16H33B. The minimum absolute atomic E-state index is 0.742. The fourth-order valence-electron chi connectivity index (χ4n) is 2.29. The van der Waals surface area contributed by atoms with Gasteiger partial charge in [0.1, 0.15) is 0 Å². The van der Waals surface area contributed by atoms with Crippen LogP contribution in [0, 0.1) is 11.8 Å². The van der Waals surface area contributed by atoms with E-state index in [1.165, 1.54) is 19.3 Å². The van der Waals surface area contributed by atoms with Crippen LogP contribution in [0.5, 0.6) is 0 Å². The Kier molecular flexibility index (Phi) is 8.73. The molecule has 0 aliphatic rings. The highest BCUT2D eigenvalue weighted by Gasteiger charge is 2.28. The number of unbranched alkanes of at least 4 members (excludes halogenated alkanes) is 2. The number of allylic oxidation sites excluding steroid dienone is 1. The molecule has 0 saturated carbocycles. The van der Waals surface area contributed by atoms with Crippen molar-refractivity contribution in [2.24, 2.45) is 11.8 Å². The van der Waals surface area contributed by atoms with Crippen molar-refractivity contribution in [3.05, 3.63) is 12.1 Å². The van der Waals surface area contributed by atoms with Gasteiger partial charge in [0.25, 0.3) is 0 Å². The molecule has 17 heavy (non-hydrogen) atoms. The third-order valence-electron chi connectivity index (χ3n) is 4.40. The number of rotatable bonds is 8. The van der Waals surface area contributed by atoms with Crippen molar-refractivity contribution in [2.45, 2.75) is 79.4 Å². The average molecular weight is 236 g/mol. The third kappa shape index (κ3) is 6.34. The number of hydrogen-bond donors (Lipinski definition) is 0. The summed E-state index contributed by atoms with van der Waals surface area (Å²) in [6.45, 7) is 17.2. The molecule has 0 aliphatic heterocycles. The number of hydrogen-bond acceptors (Lipinski definition) is 0. The largest absolute Gasteiger partial charge is 0.172 e. The summed E-state index contributed by atoms with van der Waals surface area (Å²) in [6.07, 6.45) is 6.30. The van der Waals surface area contributed by atoms with E-state index >= 15 is 0 Å². The Hall–Kier alpha value is -0.195. The maximum absolute atomic E-state index is 2.50. The zero-order valence-electron chi connectivity index (χ0n) is 13.2. The van der Waals surface area contributed by atoms with Crippen LogP contribution in [-0.2, 0) is 0 Å². The quantitative estimate of drug-likeness (QED) is 0.366. The Bertz CT molecular complexity index is 192. The maximum atomic E-state index is 2.50. The highest BCUT2D eigenvalue weighted by molar-refractivity contribution is 6.67. The van der Waals surface area contributed by atoms with Crippen molar-refractivity contribution in [1.82, 2.24) is 0 Å². The van der Waals surface area contributed by atoms with Gasteiger partial charge >= 0.3 is 0 Å². The first-order valence-electron chi connectivity index (χ1n) is 7.58. The van der Waals surface area contributed by atoms with E-state index in [1.807, 2.05) is 0 Å². The van der Waals surface area contributed by atoms with Crippen molar-refractivity contribution in [2.75, 3.05) is 0 Å². The zero-order chi connectivity index (χ0) is 13.4. The van der Waals surface area contributed by atoms with E-state index in [9.17, 15) is 0 Å². The lowest BCUT2D eigenvalue weighted by atomic mass is 9.31. The molecule has 1 heteroatoms. The van der Waals surface area contributed by atoms with Crippen LogP contribution in [0.2, 0.25) is 11.6 Å². The molecule has 0 heterocycles. The van der Waals surface area contributed by atoms with Crippen molar-refractivity contribution < 1.29 is 0 Å². The van der Waals surface area contributed by atoms with Crippen LogP contribution in [0.4, 0.5) is 0 Å². The summed E-state index contributed by atoms with van der Waals surface area (Å²) in [7, 11) is 0. The fraction of sp³-hybridized carbons (Fsp3) is 0.875. The van der Waals surface area contributed by atoms with Gasteiger partial charge in [-0.15, -0.1) is 5.98 Å². The lowest BCUT2D eigenvalue weighted by Gasteiger charge is -2.29. The fourth-order valence-corrected chi connectivity index (χ4v) is 2.29. The van der Waals surface area contributed by atoms with Crippen LogP contribution in [0.25, 0.3) is 0 Å². The molecule has 2 atom stereocenters. The molecule has 0 spiro atoms. The maximum Gasteiger partial charge on any atom is 0.172 e. The molecule has 0 aromatic rings. The van der Waals surface area contributed by atoms with Crippen LogP contribution >= 0.6 is 0 Å². The van der Waals surface area contributed by atoms with Crippen LogP contribution in [0.1, 0.15) is 67.7 Å². The summed E-state index contributed by atoms with van der Waals surface area (Å²) in [5.41, 5.74) is 0. The van der Waals surface area contributed by atoms with E-state index < -0.39 is 0 Å². The molecule has 0 bridgehead atoms. The summed E-state index contributed by atoms with van der Waals surface area (Å²) in [4.78, 5) is 0. The first-order valence-corrected chi connectivity index (χ1v) is 7.58. The molecule has 0 saturated heterocycles. The Morgan fingerprint density at radius 3 is 1.71 bits per heavy atom. The van der Waals surface area contributed by atoms with Gasteiger partial charge < -0.3 is 0 Å². The topological polar surface area (TPSA) is 0 Å². The Morgan fingerprint density at radius 2 is 1.35 bits per heavy atom. The Labute approximate surface area is 110 Å². The lowest BCUT2D eigenvalue weighted by Crippen LogP contribution is -2.28. The van der Waals surface area contributed by atoms with Crippen LogP contribution in [0.15, 0.2) is 12.1 Å². The van der Waals surface area contributed by atoms with E-state index in [4.69, 9.17) is 0 Å². The van der Waals surface area contributed by atoms with Crippen molar-refractivity contribution >= 4 is 6.71 Å². The van der Waals surface area contributed by atoms with Crippen molar-refractivity contribution in [3.8, 4) is 0 Å². The van der Waals surface area contributed by atoms with Gasteiger partial charge in [0.2, 0.25) is 0 Å². The minimum atomic E-state index is 0.742. The second-order valence-electron chi connectivity index (χ2n) is 6.35. The van der Waals surface area contributed by atoms with Gasteiger partial charge in [0.05, 0.1) is 0 Å². The molecule has 0 N–H and O–H groups in total. The van der Waals surface area contributed by atoms with Crippen LogP contribution < -0.4 is 0 Å². The second-order valence-corrected chi connectivity index (χ2v) is 6.35. The SMILES string of the molecule is CCCC/C=C\B(C(C)C(C)C)C(C)C(C)C. The van der Waals surface area contributed by atoms with E-state index in [-0.39, 0.29) is 0 Å². The zero-order valence-corrected chi connectivity index (χ0v) is 13.2. The Balaban J connectivity index is 4.56. The van der Waals surface area contributed by atoms with Gasteiger partial charge in [-0.05, 0) is 6.42 Å². The van der Waals surface area contributed by atoms with Gasteiger partial charge in [0.15, 0.2) is 6.71 Å². The molecule has 0 amide bonds. The predicted octanol–water partition coefficient (Wildman–Crippen LogP) is 5.86. The van der Waals surface area contributed by atoms with Crippen molar-refractivity contribution in [3.63, 3.8) is 0 Å². The minimum Gasteiger partial charge on any atom is -0.118 e. The molecule has 0 nitrogen and oxygen atoms in total. The van der Waals surface area contributed by atoms with Gasteiger partial charge in [0, 0.05) is 0 Å². The van der Waals surface area contributed by atoms with Gasteiger partial charge in [-0.2, -0.15) is 0 Å². The van der Waals surface area contributed by atoms with E-state index in [2.05, 4.69) is 60.5 Å². The summed E-state index contributed by atoms with van der Waals surface area (Å²) in [6, 6.07) is 0. The van der Waals surface area contributed by atoms with E-state index in [0.29, 0.717) is 0 Å². The average Bonchev–Trinajstić information content (AvgIpc) is 2.27. The molecule has 0 aromatic heterocycles. The molecule has 0 fully saturated rings. The van der Waals surface area contributed by atoms with Crippen molar-refractivity contribution in [1.29, 1.82) is 0 Å². The smallest absolute Gasteiger partial charge is 0.118 e. The van der Waals surface area contributed by atoms with Crippen LogP contribution in [-0.4, -0.2) is 6.71 Å². The summed E-state index contributed by atoms with van der Waals surface area (Å²) in [5, 5.41) is 0. The standard InChI is InChI=1S/C16H33B/c1-8-9-10-11-12-17(15(6)13(2)3)16(7)14(4)5/h11-16H,8-10H2,1-7H3/b12-11-. The highest BCUT2D eigenvalue weighted by Crippen LogP contribution is 2.33. The predicted molar refractivity (Wildman–Crippen MR) is 82.9 cm³/mol. The van der Waals surface area contributed by atoms with E-state index in [0.717, 1.165) is 30.2 Å². The first-order chi connectivity index (χ1) is 7.91. The normalized spacial score (nSPS) is 15.8. The van der Waals surface area contributed by atoms with Gasteiger partial charge in [-0.3, -0.25) is 0 Å². The third-order valence-corrected chi connectivity index (χ3v) is 4.40. The molecule has 0 radical (unpaired) electrons. The first kappa shape index (κ1) is 16.8. The van der Waals surface area contributed by atoms with Crippen LogP contribution in [0.3, 0.4) is 0 Å². The summed E-state index contributed by atoms with van der Waals surface area (Å²) in [5.74, 6) is 5.62.